The summed E-state index contributed by atoms with van der Waals surface area (Å²) in [5.74, 6) is -1.95. The molecule has 0 aliphatic carbocycles. The number of carbonyl (C=O) groups is 2. The summed E-state index contributed by atoms with van der Waals surface area (Å²) in [4.78, 5) is 33.8. The Morgan fingerprint density at radius 3 is 1.96 bits per heavy atom. The van der Waals surface area contributed by atoms with E-state index in [1.54, 1.807) is 27.7 Å². The molecule has 1 aromatic rings. The molecule has 1 atom stereocenters. The maximum Gasteiger partial charge on any atom is 0.325 e. The molecule has 9 nitrogen and oxygen atoms in total. The van der Waals surface area contributed by atoms with Crippen LogP contribution in [0, 0.1) is 10.1 Å². The van der Waals surface area contributed by atoms with Crippen LogP contribution in [0.1, 0.15) is 34.1 Å². The van der Waals surface area contributed by atoms with Crippen LogP contribution in [-0.2, 0) is 28.9 Å². The van der Waals surface area contributed by atoms with E-state index in [0.29, 0.717) is 0 Å². The van der Waals surface area contributed by atoms with Crippen molar-refractivity contribution in [3.8, 4) is 0 Å². The van der Waals surface area contributed by atoms with E-state index in [1.165, 1.54) is 0 Å². The lowest BCUT2D eigenvalue weighted by Gasteiger charge is -2.18. The predicted molar refractivity (Wildman–Crippen MR) is 91.1 cm³/mol. The molecule has 0 aromatic heterocycles. The fourth-order valence-electron chi connectivity index (χ4n) is 2.01. The molecule has 0 fully saturated rings. The van der Waals surface area contributed by atoms with Gasteiger partial charge in [-0.25, -0.2) is 8.42 Å². The average Bonchev–Trinajstić information content (AvgIpc) is 2.51. The minimum Gasteiger partial charge on any atom is -0.463 e. The molecule has 0 spiro atoms. The van der Waals surface area contributed by atoms with Crippen LogP contribution >= 0.6 is 0 Å². The number of benzene rings is 1. The highest BCUT2D eigenvalue weighted by molar-refractivity contribution is 7.92. The first-order chi connectivity index (χ1) is 11.9. The summed E-state index contributed by atoms with van der Waals surface area (Å²) in [6, 6.07) is 4.03. The second-order valence-corrected chi connectivity index (χ2v) is 8.14. The van der Waals surface area contributed by atoms with E-state index in [-0.39, 0.29) is 10.6 Å². The quantitative estimate of drug-likeness (QED) is 0.376. The minimum atomic E-state index is -4.32. The van der Waals surface area contributed by atoms with Crippen molar-refractivity contribution in [2.24, 2.45) is 0 Å². The van der Waals surface area contributed by atoms with Crippen LogP contribution in [0.3, 0.4) is 0 Å². The summed E-state index contributed by atoms with van der Waals surface area (Å²) in [5.41, 5.74) is -0.301. The molecule has 1 rings (SSSR count). The Labute approximate surface area is 151 Å². The van der Waals surface area contributed by atoms with Gasteiger partial charge in [0.15, 0.2) is 15.1 Å². The molecule has 0 saturated heterocycles. The van der Waals surface area contributed by atoms with Gasteiger partial charge in [0, 0.05) is 12.1 Å². The van der Waals surface area contributed by atoms with Gasteiger partial charge in [-0.3, -0.25) is 19.7 Å². The van der Waals surface area contributed by atoms with Crippen LogP contribution in [0.5, 0.6) is 0 Å². The molecule has 0 aliphatic rings. The average molecular weight is 387 g/mol. The van der Waals surface area contributed by atoms with Crippen LogP contribution in [0.4, 0.5) is 5.69 Å². The van der Waals surface area contributed by atoms with Gasteiger partial charge in [0.2, 0.25) is 0 Å². The van der Waals surface area contributed by atoms with Crippen molar-refractivity contribution >= 4 is 27.5 Å². The highest BCUT2D eigenvalue weighted by Gasteiger charge is 2.38. The molecular formula is C16H21NO8S. The molecule has 1 unspecified atom stereocenters. The molecule has 0 radical (unpaired) electrons. The van der Waals surface area contributed by atoms with Crippen LogP contribution in [0.25, 0.3) is 0 Å². The monoisotopic (exact) mass is 387 g/mol. The van der Waals surface area contributed by atoms with Crippen LogP contribution in [-0.4, -0.2) is 42.7 Å². The summed E-state index contributed by atoms with van der Waals surface area (Å²) >= 11 is 0. The zero-order chi connectivity index (χ0) is 20.1. The van der Waals surface area contributed by atoms with Gasteiger partial charge in [0.05, 0.1) is 28.4 Å². The highest BCUT2D eigenvalue weighted by Crippen LogP contribution is 2.23. The minimum absolute atomic E-state index is 0.301. The molecule has 10 heteroatoms. The van der Waals surface area contributed by atoms with E-state index in [9.17, 15) is 28.1 Å². The summed E-state index contributed by atoms with van der Waals surface area (Å²) in [5, 5.41) is 8.89. The van der Waals surface area contributed by atoms with Crippen LogP contribution < -0.4 is 0 Å². The lowest BCUT2D eigenvalue weighted by Crippen LogP contribution is -2.36. The Morgan fingerprint density at radius 1 is 1.04 bits per heavy atom. The standard InChI is InChI=1S/C16H21NO8S/c1-10(2)24-15(18)9-14(16(19)25-11(3)4)26(22,23)13-7-5-12(6-8-13)17(20)21/h5-8,10-11,14H,9H2,1-4H3. The summed E-state index contributed by atoms with van der Waals surface area (Å²) in [6.45, 7) is 6.26. The number of esters is 2. The van der Waals surface area contributed by atoms with Crippen molar-refractivity contribution in [3.63, 3.8) is 0 Å². The third-order valence-corrected chi connectivity index (χ3v) is 5.12. The second kappa shape index (κ2) is 8.75. The lowest BCUT2D eigenvalue weighted by atomic mass is 10.3. The smallest absolute Gasteiger partial charge is 0.325 e. The van der Waals surface area contributed by atoms with Gasteiger partial charge >= 0.3 is 11.9 Å². The second-order valence-electron chi connectivity index (χ2n) is 6.01. The summed E-state index contributed by atoms with van der Waals surface area (Å²) in [6.07, 6.45) is -1.78. The van der Waals surface area contributed by atoms with E-state index in [4.69, 9.17) is 9.47 Å². The Bertz CT molecular complexity index is 768. The maximum atomic E-state index is 12.8. The van der Waals surface area contributed by atoms with E-state index in [1.807, 2.05) is 0 Å². The number of carbonyl (C=O) groups excluding carboxylic acids is 2. The zero-order valence-electron chi connectivity index (χ0n) is 14.9. The lowest BCUT2D eigenvalue weighted by molar-refractivity contribution is -0.384. The van der Waals surface area contributed by atoms with Crippen LogP contribution in [0.2, 0.25) is 0 Å². The third-order valence-electron chi connectivity index (χ3n) is 3.08. The number of rotatable bonds is 8. The SMILES string of the molecule is CC(C)OC(=O)CC(C(=O)OC(C)C)S(=O)(=O)c1ccc([N+](=O)[O-])cc1. The number of hydrogen-bond donors (Lipinski definition) is 0. The maximum absolute atomic E-state index is 12.8. The third kappa shape index (κ3) is 5.80. The normalized spacial score (nSPS) is 12.7. The van der Waals surface area contributed by atoms with E-state index >= 15 is 0 Å². The molecule has 1 aromatic carbocycles. The van der Waals surface area contributed by atoms with E-state index in [2.05, 4.69) is 0 Å². The summed E-state index contributed by atoms with van der Waals surface area (Å²) < 4.78 is 35.4. The van der Waals surface area contributed by atoms with Gasteiger partial charge in [0.25, 0.3) is 5.69 Å². The van der Waals surface area contributed by atoms with Crippen molar-refractivity contribution in [2.75, 3.05) is 0 Å². The fourth-order valence-corrected chi connectivity index (χ4v) is 3.52. The fraction of sp³-hybridized carbons (Fsp3) is 0.500. The topological polar surface area (TPSA) is 130 Å². The zero-order valence-corrected chi connectivity index (χ0v) is 15.7. The first-order valence-electron chi connectivity index (χ1n) is 7.83. The summed E-state index contributed by atoms with van der Waals surface area (Å²) in [7, 11) is -4.32. The Morgan fingerprint density at radius 2 is 1.54 bits per heavy atom. The molecule has 26 heavy (non-hydrogen) atoms. The Kier molecular flexibility index (Phi) is 7.25. The molecule has 144 valence electrons. The largest absolute Gasteiger partial charge is 0.463 e. The first-order valence-corrected chi connectivity index (χ1v) is 9.38. The number of nitro benzene ring substituents is 1. The van der Waals surface area contributed by atoms with Gasteiger partial charge in [-0.15, -0.1) is 0 Å². The molecule has 0 aliphatic heterocycles. The van der Waals surface area contributed by atoms with Crippen molar-refractivity contribution < 1.29 is 32.4 Å². The number of sulfone groups is 1. The van der Waals surface area contributed by atoms with Crippen molar-refractivity contribution in [1.29, 1.82) is 0 Å². The molecule has 0 N–H and O–H groups in total. The van der Waals surface area contributed by atoms with Gasteiger partial charge in [-0.05, 0) is 39.8 Å². The molecule has 0 saturated carbocycles. The number of non-ortho nitro benzene ring substituents is 1. The van der Waals surface area contributed by atoms with E-state index < -0.39 is 50.6 Å². The van der Waals surface area contributed by atoms with Gasteiger partial charge in [-0.2, -0.15) is 0 Å². The Hall–Kier alpha value is -2.49. The molecular weight excluding hydrogens is 366 g/mol. The van der Waals surface area contributed by atoms with Gasteiger partial charge in [0.1, 0.15) is 0 Å². The molecule has 0 bridgehead atoms. The number of nitrogens with zero attached hydrogens (tertiary/aromatic N) is 1. The predicted octanol–water partition coefficient (Wildman–Crippen LogP) is 2.03. The van der Waals surface area contributed by atoms with Gasteiger partial charge < -0.3 is 9.47 Å². The number of ether oxygens (including phenoxy) is 2. The van der Waals surface area contributed by atoms with E-state index in [0.717, 1.165) is 24.3 Å². The van der Waals surface area contributed by atoms with Crippen LogP contribution in [0.15, 0.2) is 29.2 Å². The number of nitro groups is 1. The molecule has 0 amide bonds. The Balaban J connectivity index is 3.22. The van der Waals surface area contributed by atoms with Gasteiger partial charge in [-0.1, -0.05) is 0 Å². The first kappa shape index (κ1) is 21.6. The van der Waals surface area contributed by atoms with Crippen molar-refractivity contribution in [3.05, 3.63) is 34.4 Å². The number of hydrogen-bond acceptors (Lipinski definition) is 8. The highest BCUT2D eigenvalue weighted by atomic mass is 32.2. The van der Waals surface area contributed by atoms with Crippen molar-refractivity contribution in [1.82, 2.24) is 0 Å². The molecule has 0 heterocycles. The van der Waals surface area contributed by atoms with Crippen molar-refractivity contribution in [2.45, 2.75) is 56.5 Å².